The molecule has 0 fully saturated rings. The van der Waals surface area contributed by atoms with Crippen LogP contribution in [0, 0.1) is 0 Å². The van der Waals surface area contributed by atoms with Crippen LogP contribution in [0.15, 0.2) is 24.4 Å². The van der Waals surface area contributed by atoms with Crippen molar-refractivity contribution in [1.29, 1.82) is 0 Å². The van der Waals surface area contributed by atoms with E-state index in [0.29, 0.717) is 11.1 Å². The normalized spacial score (nSPS) is 10.5. The minimum atomic E-state index is -0.940. The third-order valence-electron chi connectivity index (χ3n) is 2.43. The van der Waals surface area contributed by atoms with E-state index in [0.717, 1.165) is 5.52 Å². The molecular formula is C11H11NO3. The highest BCUT2D eigenvalue weighted by atomic mass is 16.5. The molecule has 78 valence electrons. The number of carboxylic acid groups (broad SMARTS) is 1. The van der Waals surface area contributed by atoms with Gasteiger partial charge < -0.3 is 14.4 Å². The molecule has 0 saturated carbocycles. The van der Waals surface area contributed by atoms with Gasteiger partial charge >= 0.3 is 5.97 Å². The summed E-state index contributed by atoms with van der Waals surface area (Å²) in [5.74, 6) is -0.351. The predicted molar refractivity (Wildman–Crippen MR) is 56.4 cm³/mol. The van der Waals surface area contributed by atoms with E-state index in [4.69, 9.17) is 9.84 Å². The van der Waals surface area contributed by atoms with Crippen molar-refractivity contribution in [3.63, 3.8) is 0 Å². The van der Waals surface area contributed by atoms with Gasteiger partial charge in [0.2, 0.25) is 0 Å². The number of aromatic carboxylic acids is 1. The number of carbonyl (C=O) groups is 1. The summed E-state index contributed by atoms with van der Waals surface area (Å²) in [4.78, 5) is 11.0. The zero-order valence-corrected chi connectivity index (χ0v) is 8.52. The molecular weight excluding hydrogens is 194 g/mol. The molecule has 0 radical (unpaired) electrons. The second-order valence-corrected chi connectivity index (χ2v) is 3.31. The molecule has 1 heterocycles. The van der Waals surface area contributed by atoms with Crippen LogP contribution in [0.5, 0.6) is 5.75 Å². The van der Waals surface area contributed by atoms with E-state index in [-0.39, 0.29) is 5.56 Å². The van der Waals surface area contributed by atoms with Crippen LogP contribution in [0.4, 0.5) is 0 Å². The third kappa shape index (κ3) is 1.34. The minimum absolute atomic E-state index is 0.268. The highest BCUT2D eigenvalue weighted by molar-refractivity contribution is 6.06. The molecule has 1 aromatic heterocycles. The number of carboxylic acids is 1. The first-order valence-corrected chi connectivity index (χ1v) is 4.50. The van der Waals surface area contributed by atoms with Crippen LogP contribution in [0.3, 0.4) is 0 Å². The maximum absolute atomic E-state index is 11.0. The van der Waals surface area contributed by atoms with Gasteiger partial charge in [-0.2, -0.15) is 0 Å². The molecule has 0 amide bonds. The number of nitrogens with zero attached hydrogens (tertiary/aromatic N) is 1. The number of aryl methyl sites for hydroxylation is 1. The molecule has 0 saturated heterocycles. The lowest BCUT2D eigenvalue weighted by Crippen LogP contribution is -1.95. The summed E-state index contributed by atoms with van der Waals surface area (Å²) >= 11 is 0. The monoisotopic (exact) mass is 205 g/mol. The largest absolute Gasteiger partial charge is 0.496 e. The van der Waals surface area contributed by atoms with Crippen molar-refractivity contribution in [2.45, 2.75) is 0 Å². The van der Waals surface area contributed by atoms with Gasteiger partial charge in [0.15, 0.2) is 0 Å². The summed E-state index contributed by atoms with van der Waals surface area (Å²) in [6.07, 6.45) is 1.59. The van der Waals surface area contributed by atoms with Gasteiger partial charge in [0.25, 0.3) is 0 Å². The number of ether oxygens (including phenoxy) is 1. The number of rotatable bonds is 2. The molecule has 0 aliphatic carbocycles. The summed E-state index contributed by atoms with van der Waals surface area (Å²) in [6.45, 7) is 0. The summed E-state index contributed by atoms with van der Waals surface area (Å²) in [7, 11) is 3.35. The molecule has 0 atom stereocenters. The topological polar surface area (TPSA) is 51.5 Å². The lowest BCUT2D eigenvalue weighted by Gasteiger charge is -2.02. The van der Waals surface area contributed by atoms with Crippen molar-refractivity contribution < 1.29 is 14.6 Å². The molecule has 2 aromatic rings. The molecule has 1 N–H and O–H groups in total. The highest BCUT2D eigenvalue weighted by Crippen LogP contribution is 2.29. The molecule has 4 nitrogen and oxygen atoms in total. The number of methoxy groups -OCH3 is 1. The Morgan fingerprint density at radius 2 is 2.20 bits per heavy atom. The van der Waals surface area contributed by atoms with Crippen LogP contribution in [-0.2, 0) is 7.05 Å². The smallest absolute Gasteiger partial charge is 0.338 e. The second-order valence-electron chi connectivity index (χ2n) is 3.31. The lowest BCUT2D eigenvalue weighted by molar-refractivity contribution is 0.0698. The van der Waals surface area contributed by atoms with E-state index >= 15 is 0 Å². The molecule has 0 unspecified atom stereocenters. The van der Waals surface area contributed by atoms with Gasteiger partial charge in [0, 0.05) is 13.2 Å². The van der Waals surface area contributed by atoms with Gasteiger partial charge in [0.1, 0.15) is 5.75 Å². The van der Waals surface area contributed by atoms with E-state index in [9.17, 15) is 4.79 Å². The average Bonchev–Trinajstić information content (AvgIpc) is 2.56. The van der Waals surface area contributed by atoms with Gasteiger partial charge in [0.05, 0.1) is 23.6 Å². The van der Waals surface area contributed by atoms with E-state index in [1.165, 1.54) is 7.11 Å². The van der Waals surface area contributed by atoms with E-state index in [2.05, 4.69) is 0 Å². The Bertz CT molecular complexity index is 528. The van der Waals surface area contributed by atoms with Crippen molar-refractivity contribution >= 4 is 16.9 Å². The fourth-order valence-electron chi connectivity index (χ4n) is 1.74. The molecule has 15 heavy (non-hydrogen) atoms. The molecule has 0 aliphatic rings. The summed E-state index contributed by atoms with van der Waals surface area (Å²) in [5.41, 5.74) is 1.12. The summed E-state index contributed by atoms with van der Waals surface area (Å²) < 4.78 is 6.93. The zero-order valence-electron chi connectivity index (χ0n) is 8.52. The van der Waals surface area contributed by atoms with Crippen LogP contribution in [0.1, 0.15) is 10.4 Å². The predicted octanol–water partition coefficient (Wildman–Crippen LogP) is 1.89. The first-order valence-electron chi connectivity index (χ1n) is 4.50. The SMILES string of the molecule is COc1cccc2c1c(C(=O)O)cn2C. The Labute approximate surface area is 86.7 Å². The van der Waals surface area contributed by atoms with Gasteiger partial charge in [-0.1, -0.05) is 6.07 Å². The quantitative estimate of drug-likeness (QED) is 0.814. The van der Waals surface area contributed by atoms with Crippen LogP contribution >= 0.6 is 0 Å². The molecule has 4 heteroatoms. The van der Waals surface area contributed by atoms with Crippen molar-refractivity contribution in [2.24, 2.45) is 7.05 Å². The Kier molecular flexibility index (Phi) is 2.11. The number of aromatic nitrogens is 1. The Balaban J connectivity index is 2.88. The summed E-state index contributed by atoms with van der Waals surface area (Å²) in [5, 5.41) is 9.70. The van der Waals surface area contributed by atoms with Gasteiger partial charge in [-0.15, -0.1) is 0 Å². The second kappa shape index (κ2) is 3.31. The number of hydrogen-bond donors (Lipinski definition) is 1. The van der Waals surface area contributed by atoms with Crippen LogP contribution in [0.25, 0.3) is 10.9 Å². The fraction of sp³-hybridized carbons (Fsp3) is 0.182. The maximum Gasteiger partial charge on any atom is 0.338 e. The molecule has 1 aromatic carbocycles. The zero-order chi connectivity index (χ0) is 11.0. The lowest BCUT2D eigenvalue weighted by atomic mass is 10.1. The van der Waals surface area contributed by atoms with Crippen LogP contribution in [0.2, 0.25) is 0 Å². The van der Waals surface area contributed by atoms with E-state index < -0.39 is 5.97 Å². The van der Waals surface area contributed by atoms with Crippen LogP contribution < -0.4 is 4.74 Å². The van der Waals surface area contributed by atoms with Crippen molar-refractivity contribution in [2.75, 3.05) is 7.11 Å². The molecule has 0 aliphatic heterocycles. The van der Waals surface area contributed by atoms with Crippen LogP contribution in [-0.4, -0.2) is 22.8 Å². The molecule has 0 bridgehead atoms. The average molecular weight is 205 g/mol. The van der Waals surface area contributed by atoms with Gasteiger partial charge in [-0.05, 0) is 12.1 Å². The summed E-state index contributed by atoms with van der Waals surface area (Å²) in [6, 6.07) is 5.46. The Morgan fingerprint density at radius 3 is 2.80 bits per heavy atom. The molecule has 0 spiro atoms. The third-order valence-corrected chi connectivity index (χ3v) is 2.43. The number of fused-ring (bicyclic) bond motifs is 1. The highest BCUT2D eigenvalue weighted by Gasteiger charge is 2.15. The fourth-order valence-corrected chi connectivity index (χ4v) is 1.74. The Morgan fingerprint density at radius 1 is 1.47 bits per heavy atom. The van der Waals surface area contributed by atoms with Crippen molar-refractivity contribution in [3.8, 4) is 5.75 Å². The van der Waals surface area contributed by atoms with E-state index in [1.807, 2.05) is 19.2 Å². The first-order chi connectivity index (χ1) is 7.15. The number of hydrogen-bond acceptors (Lipinski definition) is 2. The van der Waals surface area contributed by atoms with E-state index in [1.54, 1.807) is 16.8 Å². The first kappa shape index (κ1) is 9.58. The van der Waals surface area contributed by atoms with Gasteiger partial charge in [-0.25, -0.2) is 4.79 Å². The van der Waals surface area contributed by atoms with Gasteiger partial charge in [-0.3, -0.25) is 0 Å². The number of benzene rings is 1. The maximum atomic E-state index is 11.0. The van der Waals surface area contributed by atoms with Crippen molar-refractivity contribution in [1.82, 2.24) is 4.57 Å². The standard InChI is InChI=1S/C11H11NO3/c1-12-6-7(11(13)14)10-8(12)4-3-5-9(10)15-2/h3-6H,1-2H3,(H,13,14). The Hall–Kier alpha value is -1.97. The van der Waals surface area contributed by atoms with Crippen molar-refractivity contribution in [3.05, 3.63) is 30.0 Å². The minimum Gasteiger partial charge on any atom is -0.496 e. The molecule has 2 rings (SSSR count).